The maximum atomic E-state index is 11.5. The van der Waals surface area contributed by atoms with Crippen LogP contribution in [0.1, 0.15) is 12.0 Å². The fraction of sp³-hybridized carbons (Fsp3) is 0.562. The van der Waals surface area contributed by atoms with Gasteiger partial charge in [0.15, 0.2) is 15.8 Å². The zero-order valence-corrected chi connectivity index (χ0v) is 17.5. The summed E-state index contributed by atoms with van der Waals surface area (Å²) < 4.78 is 28.2. The minimum absolute atomic E-state index is 0. The molecule has 1 N–H and O–H groups in total. The number of ether oxygens (including phenoxy) is 1. The molecule has 2 rings (SSSR count). The summed E-state index contributed by atoms with van der Waals surface area (Å²) in [5.74, 6) is 2.36. The Morgan fingerprint density at radius 3 is 2.54 bits per heavy atom. The maximum absolute atomic E-state index is 11.5. The van der Waals surface area contributed by atoms with E-state index in [1.165, 1.54) is 0 Å². The SMILES string of the molecule is CN=C(NCC1CCS(=O)(=O)C1)N(C)Cc1ccc(OC)cc1.I. The molecule has 1 aliphatic rings. The third-order valence-electron chi connectivity index (χ3n) is 4.03. The van der Waals surface area contributed by atoms with Crippen LogP contribution in [0.3, 0.4) is 0 Å². The molecule has 8 heteroatoms. The standard InChI is InChI=1S/C16H25N3O3S.HI/c1-17-16(18-10-14-8-9-23(20,21)12-14)19(2)11-13-4-6-15(22-3)7-5-13;/h4-7,14H,8-12H2,1-3H3,(H,17,18);1H. The van der Waals surface area contributed by atoms with Crippen molar-refractivity contribution < 1.29 is 13.2 Å². The first-order valence-corrected chi connectivity index (χ1v) is 9.51. The van der Waals surface area contributed by atoms with Gasteiger partial charge in [0.05, 0.1) is 18.6 Å². The van der Waals surface area contributed by atoms with E-state index >= 15 is 0 Å². The van der Waals surface area contributed by atoms with E-state index in [1.54, 1.807) is 14.2 Å². The average molecular weight is 467 g/mol. The summed E-state index contributed by atoms with van der Waals surface area (Å²) in [7, 11) is 2.52. The van der Waals surface area contributed by atoms with Crippen LogP contribution in [-0.2, 0) is 16.4 Å². The van der Waals surface area contributed by atoms with E-state index in [1.807, 2.05) is 36.2 Å². The van der Waals surface area contributed by atoms with E-state index in [0.29, 0.717) is 18.8 Å². The molecule has 1 heterocycles. The van der Waals surface area contributed by atoms with Crippen LogP contribution < -0.4 is 10.1 Å². The number of halogens is 1. The molecular formula is C16H26IN3O3S. The van der Waals surface area contributed by atoms with Crippen molar-refractivity contribution in [1.29, 1.82) is 0 Å². The van der Waals surface area contributed by atoms with Gasteiger partial charge in [0.1, 0.15) is 5.75 Å². The van der Waals surface area contributed by atoms with Crippen LogP contribution in [0, 0.1) is 5.92 Å². The van der Waals surface area contributed by atoms with Gasteiger partial charge in [-0.15, -0.1) is 24.0 Å². The summed E-state index contributed by atoms with van der Waals surface area (Å²) in [4.78, 5) is 6.29. The molecule has 0 aliphatic carbocycles. The fourth-order valence-corrected chi connectivity index (χ4v) is 4.59. The van der Waals surface area contributed by atoms with Crippen molar-refractivity contribution >= 4 is 39.8 Å². The van der Waals surface area contributed by atoms with Crippen LogP contribution >= 0.6 is 24.0 Å². The van der Waals surface area contributed by atoms with Crippen molar-refractivity contribution in [3.8, 4) is 5.75 Å². The van der Waals surface area contributed by atoms with Gasteiger partial charge in [-0.25, -0.2) is 8.42 Å². The van der Waals surface area contributed by atoms with Crippen LogP contribution in [0.4, 0.5) is 0 Å². The highest BCUT2D eigenvalue weighted by Gasteiger charge is 2.27. The quantitative estimate of drug-likeness (QED) is 0.406. The molecule has 6 nitrogen and oxygen atoms in total. The molecule has 0 amide bonds. The molecule has 1 unspecified atom stereocenters. The number of guanidine groups is 1. The molecule has 1 aliphatic heterocycles. The second-order valence-corrected chi connectivity index (χ2v) is 8.13. The molecule has 1 atom stereocenters. The van der Waals surface area contributed by atoms with Gasteiger partial charge in [0.25, 0.3) is 0 Å². The van der Waals surface area contributed by atoms with E-state index in [-0.39, 0.29) is 35.6 Å². The van der Waals surface area contributed by atoms with Crippen molar-refractivity contribution in [3.05, 3.63) is 29.8 Å². The molecule has 1 aromatic carbocycles. The van der Waals surface area contributed by atoms with Crippen LogP contribution in [0.25, 0.3) is 0 Å². The number of aliphatic imine (C=N–C) groups is 1. The van der Waals surface area contributed by atoms with Crippen LogP contribution in [0.5, 0.6) is 5.75 Å². The van der Waals surface area contributed by atoms with Gasteiger partial charge < -0.3 is 15.0 Å². The first-order valence-electron chi connectivity index (χ1n) is 7.68. The Bertz CT molecular complexity index is 647. The van der Waals surface area contributed by atoms with E-state index in [2.05, 4.69) is 10.3 Å². The van der Waals surface area contributed by atoms with E-state index < -0.39 is 9.84 Å². The monoisotopic (exact) mass is 467 g/mol. The van der Waals surface area contributed by atoms with E-state index in [9.17, 15) is 8.42 Å². The Hall–Kier alpha value is -1.03. The van der Waals surface area contributed by atoms with E-state index in [4.69, 9.17) is 4.74 Å². The molecule has 0 bridgehead atoms. The van der Waals surface area contributed by atoms with Crippen molar-refractivity contribution in [2.45, 2.75) is 13.0 Å². The van der Waals surface area contributed by atoms with Gasteiger partial charge in [-0.1, -0.05) is 12.1 Å². The highest BCUT2D eigenvalue weighted by molar-refractivity contribution is 14.0. The lowest BCUT2D eigenvalue weighted by Gasteiger charge is -2.23. The summed E-state index contributed by atoms with van der Waals surface area (Å²) in [5, 5.41) is 3.28. The van der Waals surface area contributed by atoms with Crippen molar-refractivity contribution in [3.63, 3.8) is 0 Å². The highest BCUT2D eigenvalue weighted by atomic mass is 127. The molecule has 136 valence electrons. The normalized spacial score (nSPS) is 19.5. The Morgan fingerprint density at radius 1 is 1.38 bits per heavy atom. The lowest BCUT2D eigenvalue weighted by Crippen LogP contribution is -2.40. The van der Waals surface area contributed by atoms with E-state index in [0.717, 1.165) is 23.7 Å². The lowest BCUT2D eigenvalue weighted by molar-refractivity contribution is 0.414. The van der Waals surface area contributed by atoms with Crippen molar-refractivity contribution in [2.75, 3.05) is 39.3 Å². The number of nitrogens with zero attached hydrogens (tertiary/aromatic N) is 2. The Balaban J connectivity index is 0.00000288. The summed E-state index contributed by atoms with van der Waals surface area (Å²) in [5.41, 5.74) is 1.15. The zero-order chi connectivity index (χ0) is 16.9. The second-order valence-electron chi connectivity index (χ2n) is 5.90. The molecule has 1 aromatic rings. The largest absolute Gasteiger partial charge is 0.497 e. The highest BCUT2D eigenvalue weighted by Crippen LogP contribution is 2.17. The molecular weight excluding hydrogens is 441 g/mol. The second kappa shape index (κ2) is 9.45. The number of hydrogen-bond donors (Lipinski definition) is 1. The van der Waals surface area contributed by atoms with Crippen LogP contribution in [-0.4, -0.2) is 58.5 Å². The molecule has 0 radical (unpaired) electrons. The first kappa shape index (κ1) is 21.0. The first-order chi connectivity index (χ1) is 10.9. The molecule has 0 aromatic heterocycles. The number of sulfone groups is 1. The lowest BCUT2D eigenvalue weighted by atomic mass is 10.1. The van der Waals surface area contributed by atoms with Crippen molar-refractivity contribution in [2.24, 2.45) is 10.9 Å². The molecule has 1 saturated heterocycles. The minimum Gasteiger partial charge on any atom is -0.497 e. The fourth-order valence-electron chi connectivity index (χ4n) is 2.73. The Labute approximate surface area is 161 Å². The summed E-state index contributed by atoms with van der Waals surface area (Å²) in [6, 6.07) is 7.91. The van der Waals surface area contributed by atoms with Gasteiger partial charge in [-0.05, 0) is 30.0 Å². The molecule has 24 heavy (non-hydrogen) atoms. The number of nitrogens with one attached hydrogen (secondary N) is 1. The Morgan fingerprint density at radius 2 is 2.04 bits per heavy atom. The van der Waals surface area contributed by atoms with Gasteiger partial charge in [-0.2, -0.15) is 0 Å². The van der Waals surface area contributed by atoms with Crippen LogP contribution in [0.2, 0.25) is 0 Å². The third-order valence-corrected chi connectivity index (χ3v) is 5.86. The molecule has 0 saturated carbocycles. The van der Waals surface area contributed by atoms with Crippen molar-refractivity contribution in [1.82, 2.24) is 10.2 Å². The third kappa shape index (κ3) is 6.12. The predicted molar refractivity (Wildman–Crippen MR) is 108 cm³/mol. The van der Waals surface area contributed by atoms with Gasteiger partial charge in [0.2, 0.25) is 0 Å². The summed E-state index contributed by atoms with van der Waals surface area (Å²) in [6.45, 7) is 1.35. The van der Waals surface area contributed by atoms with Gasteiger partial charge in [0, 0.05) is 27.2 Å². The van der Waals surface area contributed by atoms with Crippen LogP contribution in [0.15, 0.2) is 29.3 Å². The zero-order valence-electron chi connectivity index (χ0n) is 14.4. The number of benzene rings is 1. The maximum Gasteiger partial charge on any atom is 0.193 e. The number of rotatable bonds is 5. The summed E-state index contributed by atoms with van der Waals surface area (Å²) >= 11 is 0. The summed E-state index contributed by atoms with van der Waals surface area (Å²) in [6.07, 6.45) is 0.731. The topological polar surface area (TPSA) is 71.0 Å². The predicted octanol–water partition coefficient (Wildman–Crippen LogP) is 1.76. The smallest absolute Gasteiger partial charge is 0.193 e. The van der Waals surface area contributed by atoms with Gasteiger partial charge in [-0.3, -0.25) is 4.99 Å². The van der Waals surface area contributed by atoms with Gasteiger partial charge >= 0.3 is 0 Å². The molecule has 1 fully saturated rings. The minimum atomic E-state index is -2.83. The molecule has 0 spiro atoms. The number of hydrogen-bond acceptors (Lipinski definition) is 4. The number of methoxy groups -OCH3 is 1. The average Bonchev–Trinajstić information content (AvgIpc) is 2.88. The Kier molecular flexibility index (Phi) is 8.28.